The molecule has 2 N–H and O–H groups in total. The van der Waals surface area contributed by atoms with E-state index >= 15 is 0 Å². The van der Waals surface area contributed by atoms with Gasteiger partial charge in [0, 0.05) is 22.4 Å². The Hall–Kier alpha value is -3.03. The summed E-state index contributed by atoms with van der Waals surface area (Å²) >= 11 is 7.31. The van der Waals surface area contributed by atoms with Crippen LogP contribution in [0.25, 0.3) is 0 Å². The van der Waals surface area contributed by atoms with E-state index in [4.69, 9.17) is 11.6 Å². The zero-order chi connectivity index (χ0) is 27.4. The third-order valence-electron chi connectivity index (χ3n) is 7.52. The Balaban J connectivity index is 1.42. The summed E-state index contributed by atoms with van der Waals surface area (Å²) < 4.78 is 42.9. The van der Waals surface area contributed by atoms with E-state index in [-0.39, 0.29) is 23.3 Å². The molecule has 0 bridgehead atoms. The van der Waals surface area contributed by atoms with Gasteiger partial charge in [-0.15, -0.1) is 11.3 Å². The molecule has 0 unspecified atom stereocenters. The lowest BCUT2D eigenvalue weighted by atomic mass is 9.72. The first-order chi connectivity index (χ1) is 17.8. The van der Waals surface area contributed by atoms with Crippen LogP contribution < -0.4 is 10.6 Å². The van der Waals surface area contributed by atoms with E-state index < -0.39 is 24.2 Å². The van der Waals surface area contributed by atoms with Gasteiger partial charge >= 0.3 is 6.18 Å². The number of fused-ring (bicyclic) bond motifs is 2. The molecule has 200 valence electrons. The molecular weight excluding hydrogens is 535 g/mol. The van der Waals surface area contributed by atoms with Gasteiger partial charge in [0.2, 0.25) is 0 Å². The number of rotatable bonds is 3. The van der Waals surface area contributed by atoms with E-state index in [1.54, 1.807) is 24.3 Å². The molecule has 3 aromatic rings. The van der Waals surface area contributed by atoms with E-state index in [2.05, 4.69) is 42.6 Å². The molecule has 1 aromatic carbocycles. The number of thiophene rings is 1. The predicted molar refractivity (Wildman–Crippen MR) is 142 cm³/mol. The summed E-state index contributed by atoms with van der Waals surface area (Å²) in [5, 5.41) is 20.6. The third kappa shape index (κ3) is 5.02. The van der Waals surface area contributed by atoms with E-state index in [1.165, 1.54) is 17.4 Å². The molecule has 0 spiro atoms. The highest BCUT2D eigenvalue weighted by Gasteiger charge is 2.47. The summed E-state index contributed by atoms with van der Waals surface area (Å²) in [4.78, 5) is 14.2. The highest BCUT2D eigenvalue weighted by atomic mass is 35.5. The van der Waals surface area contributed by atoms with Crippen LogP contribution in [0.4, 0.5) is 24.0 Å². The van der Waals surface area contributed by atoms with E-state index in [0.29, 0.717) is 27.1 Å². The largest absolute Gasteiger partial charge is 0.410 e. The molecule has 1 amide bonds. The Morgan fingerprint density at radius 2 is 1.97 bits per heavy atom. The number of hydrogen-bond donors (Lipinski definition) is 2. The minimum absolute atomic E-state index is 0.0997. The molecule has 0 fully saturated rings. The van der Waals surface area contributed by atoms with Gasteiger partial charge < -0.3 is 10.6 Å². The second-order valence-corrected chi connectivity index (χ2v) is 12.5. The number of aromatic nitrogens is 2. The summed E-state index contributed by atoms with van der Waals surface area (Å²) in [6.07, 6.45) is -2.30. The van der Waals surface area contributed by atoms with Gasteiger partial charge in [-0.2, -0.15) is 23.5 Å². The lowest BCUT2D eigenvalue weighted by molar-refractivity contribution is -0.173. The molecule has 2 aliphatic rings. The summed E-state index contributed by atoms with van der Waals surface area (Å²) in [7, 11) is 0. The predicted octanol–water partition coefficient (Wildman–Crippen LogP) is 7.53. The number of carbonyl (C=O) groups excluding carboxylic acids is 1. The Kier molecular flexibility index (Phi) is 6.72. The number of amides is 1. The normalized spacial score (nSPS) is 21.2. The van der Waals surface area contributed by atoms with Crippen molar-refractivity contribution >= 4 is 39.7 Å². The minimum Gasteiger partial charge on any atom is -0.363 e. The quantitative estimate of drug-likeness (QED) is 0.346. The van der Waals surface area contributed by atoms with Crippen molar-refractivity contribution < 1.29 is 18.0 Å². The molecule has 2 aromatic heterocycles. The van der Waals surface area contributed by atoms with Crippen LogP contribution in [0.2, 0.25) is 5.02 Å². The zero-order valence-electron chi connectivity index (χ0n) is 21.1. The van der Waals surface area contributed by atoms with Crippen LogP contribution >= 0.6 is 22.9 Å². The van der Waals surface area contributed by atoms with Crippen molar-refractivity contribution in [2.24, 2.45) is 11.3 Å². The number of halogens is 4. The van der Waals surface area contributed by atoms with E-state index in [1.807, 2.05) is 0 Å². The molecule has 6 nitrogen and oxygen atoms in total. The number of nitriles is 1. The van der Waals surface area contributed by atoms with Crippen molar-refractivity contribution in [1.82, 2.24) is 9.78 Å². The molecule has 5 rings (SSSR count). The fourth-order valence-electron chi connectivity index (χ4n) is 5.30. The van der Waals surface area contributed by atoms with Crippen molar-refractivity contribution in [3.8, 4) is 6.07 Å². The Labute approximate surface area is 227 Å². The maximum atomic E-state index is 14.0. The average Bonchev–Trinajstić information content (AvgIpc) is 3.43. The summed E-state index contributed by atoms with van der Waals surface area (Å²) in [6, 6.07) is 7.62. The van der Waals surface area contributed by atoms with Gasteiger partial charge in [-0.3, -0.25) is 4.79 Å². The van der Waals surface area contributed by atoms with E-state index in [0.717, 1.165) is 34.4 Å². The van der Waals surface area contributed by atoms with Crippen LogP contribution in [0.1, 0.15) is 77.8 Å². The van der Waals surface area contributed by atoms with Crippen LogP contribution in [0.15, 0.2) is 30.3 Å². The smallest absolute Gasteiger partial charge is 0.363 e. The van der Waals surface area contributed by atoms with Crippen LogP contribution in [-0.2, 0) is 12.8 Å². The maximum absolute atomic E-state index is 14.0. The first-order valence-corrected chi connectivity index (χ1v) is 13.6. The molecule has 0 saturated heterocycles. The molecule has 0 saturated carbocycles. The number of hydrogen-bond acceptors (Lipinski definition) is 5. The van der Waals surface area contributed by atoms with Gasteiger partial charge in [-0.05, 0) is 53.9 Å². The van der Waals surface area contributed by atoms with Crippen molar-refractivity contribution in [2.75, 3.05) is 10.6 Å². The lowest BCUT2D eigenvalue weighted by Crippen LogP contribution is -2.35. The van der Waals surface area contributed by atoms with Gasteiger partial charge in [0.15, 0.2) is 11.7 Å². The van der Waals surface area contributed by atoms with E-state index in [9.17, 15) is 23.2 Å². The Morgan fingerprint density at radius 3 is 2.61 bits per heavy atom. The molecular formula is C27H27ClF3N5OS. The number of carbonyl (C=O) groups is 1. The standard InChI is InChI=1S/C27H27ClF3N5OS/c1-26(2,3)15-6-9-17-18(13-32)25(38-21(17)10-15)34-24(37)20-12-23-33-19(14-4-7-16(28)8-5-14)11-22(27(29,30)31)36(23)35-20/h4-5,7-8,12,15,19,22,33H,6,9-11H2,1-3H3,(H,34,37)/t15-,19+,22-/m0/s1. The fourth-order valence-corrected chi connectivity index (χ4v) is 6.70. The fraction of sp³-hybridized carbons (Fsp3) is 0.444. The Bertz CT molecular complexity index is 1410. The van der Waals surface area contributed by atoms with Crippen LogP contribution in [0.5, 0.6) is 0 Å². The number of nitrogens with zero attached hydrogens (tertiary/aromatic N) is 3. The van der Waals surface area contributed by atoms with Crippen LogP contribution in [-0.4, -0.2) is 21.9 Å². The number of benzene rings is 1. The zero-order valence-corrected chi connectivity index (χ0v) is 22.7. The third-order valence-corrected chi connectivity index (χ3v) is 8.95. The van der Waals surface area contributed by atoms with Gasteiger partial charge in [0.05, 0.1) is 11.6 Å². The topological polar surface area (TPSA) is 82.7 Å². The summed E-state index contributed by atoms with van der Waals surface area (Å²) in [5.74, 6) is -0.0922. The average molecular weight is 562 g/mol. The van der Waals surface area contributed by atoms with Crippen molar-refractivity contribution in [1.29, 1.82) is 5.26 Å². The van der Waals surface area contributed by atoms with Crippen LogP contribution in [0, 0.1) is 22.7 Å². The Morgan fingerprint density at radius 1 is 1.26 bits per heavy atom. The summed E-state index contributed by atoms with van der Waals surface area (Å²) in [6.45, 7) is 6.60. The molecule has 1 aliphatic carbocycles. The van der Waals surface area contributed by atoms with Crippen molar-refractivity contribution in [3.63, 3.8) is 0 Å². The molecule has 3 atom stereocenters. The van der Waals surface area contributed by atoms with Gasteiger partial charge in [0.25, 0.3) is 5.91 Å². The summed E-state index contributed by atoms with van der Waals surface area (Å²) in [5.41, 5.74) is 2.02. The lowest BCUT2D eigenvalue weighted by Gasteiger charge is -2.33. The van der Waals surface area contributed by atoms with Gasteiger partial charge in [0.1, 0.15) is 16.9 Å². The second kappa shape index (κ2) is 9.62. The van der Waals surface area contributed by atoms with Gasteiger partial charge in [-0.25, -0.2) is 4.68 Å². The number of anilines is 2. The first kappa shape index (κ1) is 26.6. The van der Waals surface area contributed by atoms with Crippen LogP contribution in [0.3, 0.4) is 0 Å². The molecule has 38 heavy (non-hydrogen) atoms. The monoisotopic (exact) mass is 561 g/mol. The SMILES string of the molecule is CC(C)(C)[C@H]1CCc2c(sc(NC(=O)c3cc4n(n3)[C@H](C(F)(F)F)C[C@H](c3ccc(Cl)cc3)N4)c2C#N)C1. The second-order valence-electron chi connectivity index (χ2n) is 11.0. The molecule has 11 heteroatoms. The molecule has 0 radical (unpaired) electrons. The van der Waals surface area contributed by atoms with Crippen molar-refractivity contribution in [3.05, 3.63) is 62.6 Å². The highest BCUT2D eigenvalue weighted by Crippen LogP contribution is 2.45. The minimum atomic E-state index is -4.56. The maximum Gasteiger partial charge on any atom is 0.410 e. The number of nitrogens with one attached hydrogen (secondary N) is 2. The molecule has 3 heterocycles. The highest BCUT2D eigenvalue weighted by molar-refractivity contribution is 7.16. The van der Waals surface area contributed by atoms with Gasteiger partial charge in [-0.1, -0.05) is 44.5 Å². The molecule has 1 aliphatic heterocycles. The first-order valence-electron chi connectivity index (χ1n) is 12.4. The number of alkyl halides is 3. The van der Waals surface area contributed by atoms with Crippen molar-refractivity contribution in [2.45, 2.75) is 64.7 Å².